The van der Waals surface area contributed by atoms with Gasteiger partial charge in [0.1, 0.15) is 21.4 Å². The molecule has 0 atom stereocenters. The van der Waals surface area contributed by atoms with Gasteiger partial charge in [0.2, 0.25) is 0 Å². The van der Waals surface area contributed by atoms with Gasteiger partial charge in [0.15, 0.2) is 0 Å². The molecule has 20 heavy (non-hydrogen) atoms. The van der Waals surface area contributed by atoms with Gasteiger partial charge in [0, 0.05) is 17.6 Å². The quantitative estimate of drug-likeness (QED) is 0.788. The maximum absolute atomic E-state index is 12.3. The van der Waals surface area contributed by atoms with E-state index in [0.717, 1.165) is 11.5 Å². The lowest BCUT2D eigenvalue weighted by Crippen LogP contribution is -2.14. The number of rotatable bonds is 5. The predicted octanol–water partition coefficient (Wildman–Crippen LogP) is 0.938. The second-order valence-corrected chi connectivity index (χ2v) is 6.07. The molecule has 1 heterocycles. The molecule has 0 unspecified atom stereocenters. The van der Waals surface area contributed by atoms with Gasteiger partial charge >= 0.3 is 0 Å². The fourth-order valence-corrected chi connectivity index (χ4v) is 3.37. The van der Waals surface area contributed by atoms with Crippen molar-refractivity contribution in [2.75, 3.05) is 24.7 Å². The van der Waals surface area contributed by atoms with Gasteiger partial charge in [-0.15, -0.1) is 5.10 Å². The molecule has 8 nitrogen and oxygen atoms in total. The molecule has 0 aliphatic rings. The minimum atomic E-state index is -3.85. The molecule has 0 saturated carbocycles. The number of benzene rings is 1. The highest BCUT2D eigenvalue weighted by molar-refractivity contribution is 7.93. The third kappa shape index (κ3) is 2.75. The van der Waals surface area contributed by atoms with Crippen molar-refractivity contribution in [1.82, 2.24) is 9.59 Å². The number of hydrogen-bond acceptors (Lipinski definition) is 8. The Hall–Kier alpha value is -2.07. The van der Waals surface area contributed by atoms with Crippen molar-refractivity contribution in [1.29, 1.82) is 0 Å². The number of nitrogens with two attached hydrogens (primary N) is 1. The summed E-state index contributed by atoms with van der Waals surface area (Å²) in [5.41, 5.74) is 5.92. The number of aromatic nitrogens is 2. The molecular weight excluding hydrogens is 304 g/mol. The Bertz CT molecular complexity index is 700. The van der Waals surface area contributed by atoms with E-state index in [-0.39, 0.29) is 16.3 Å². The Kier molecular flexibility index (Phi) is 3.95. The Morgan fingerprint density at radius 2 is 1.95 bits per heavy atom. The van der Waals surface area contributed by atoms with E-state index in [0.29, 0.717) is 10.8 Å². The van der Waals surface area contributed by atoms with E-state index in [1.54, 1.807) is 0 Å². The highest BCUT2D eigenvalue weighted by Crippen LogP contribution is 2.34. The topological polar surface area (TPSA) is 116 Å². The molecule has 0 spiro atoms. The summed E-state index contributed by atoms with van der Waals surface area (Å²) in [4.78, 5) is -0.0910. The largest absolute Gasteiger partial charge is 0.495 e. The average molecular weight is 316 g/mol. The minimum absolute atomic E-state index is 0.0910. The average Bonchev–Trinajstić information content (AvgIpc) is 2.90. The monoisotopic (exact) mass is 316 g/mol. The first-order valence-corrected chi connectivity index (χ1v) is 7.55. The van der Waals surface area contributed by atoms with Crippen molar-refractivity contribution in [2.24, 2.45) is 0 Å². The molecule has 0 amide bonds. The standard InChI is InChI=1S/C10H12N4O4S2/c1-17-7-4-8(18-2)9(3-6(7)11)20(15,16)13-10-5-12-14-19-10/h3-5,13H,11H2,1-2H3. The SMILES string of the molecule is COc1cc(OC)c(S(=O)(=O)Nc2cnns2)cc1N. The van der Waals surface area contributed by atoms with E-state index in [1.807, 2.05) is 0 Å². The Labute approximate surface area is 119 Å². The normalized spacial score (nSPS) is 11.1. The van der Waals surface area contributed by atoms with Gasteiger partial charge in [-0.2, -0.15) is 0 Å². The number of hydrogen-bond donors (Lipinski definition) is 2. The lowest BCUT2D eigenvalue weighted by molar-refractivity contribution is 0.387. The van der Waals surface area contributed by atoms with Gasteiger partial charge in [-0.1, -0.05) is 4.49 Å². The zero-order chi connectivity index (χ0) is 14.8. The molecule has 1 aromatic carbocycles. The molecule has 0 bridgehead atoms. The van der Waals surface area contributed by atoms with Gasteiger partial charge in [-0.3, -0.25) is 4.72 Å². The van der Waals surface area contributed by atoms with Crippen molar-refractivity contribution >= 4 is 32.2 Å². The summed E-state index contributed by atoms with van der Waals surface area (Å²) in [6, 6.07) is 2.68. The molecule has 3 N–H and O–H groups in total. The maximum atomic E-state index is 12.3. The lowest BCUT2D eigenvalue weighted by atomic mass is 10.3. The van der Waals surface area contributed by atoms with E-state index in [9.17, 15) is 8.42 Å². The highest BCUT2D eigenvalue weighted by atomic mass is 32.2. The molecule has 0 fully saturated rings. The predicted molar refractivity (Wildman–Crippen MR) is 74.7 cm³/mol. The third-order valence-electron chi connectivity index (χ3n) is 2.40. The first kappa shape index (κ1) is 14.3. The molecule has 0 aliphatic heterocycles. The first-order chi connectivity index (χ1) is 9.47. The number of nitrogens with one attached hydrogen (secondary N) is 1. The third-order valence-corrected chi connectivity index (χ3v) is 4.50. The number of nitrogen functional groups attached to an aromatic ring is 1. The summed E-state index contributed by atoms with van der Waals surface area (Å²) in [6.45, 7) is 0. The highest BCUT2D eigenvalue weighted by Gasteiger charge is 2.22. The maximum Gasteiger partial charge on any atom is 0.266 e. The van der Waals surface area contributed by atoms with Gasteiger partial charge in [-0.25, -0.2) is 8.42 Å². The van der Waals surface area contributed by atoms with Crippen LogP contribution in [0.1, 0.15) is 0 Å². The molecule has 0 aliphatic carbocycles. The van der Waals surface area contributed by atoms with Gasteiger partial charge in [0.25, 0.3) is 10.0 Å². The van der Waals surface area contributed by atoms with Crippen molar-refractivity contribution < 1.29 is 17.9 Å². The molecule has 0 radical (unpaired) electrons. The number of methoxy groups -OCH3 is 2. The molecule has 1 aromatic heterocycles. The number of ether oxygens (including phenoxy) is 2. The van der Waals surface area contributed by atoms with Crippen LogP contribution in [-0.2, 0) is 10.0 Å². The van der Waals surface area contributed by atoms with Crippen molar-refractivity contribution in [2.45, 2.75) is 4.90 Å². The van der Waals surface area contributed by atoms with Crippen molar-refractivity contribution in [3.8, 4) is 11.5 Å². The van der Waals surface area contributed by atoms with Crippen molar-refractivity contribution in [3.63, 3.8) is 0 Å². The van der Waals surface area contributed by atoms with E-state index in [1.165, 1.54) is 32.5 Å². The Balaban J connectivity index is 2.48. The number of nitrogens with zero attached hydrogens (tertiary/aromatic N) is 2. The van der Waals surface area contributed by atoms with Crippen LogP contribution in [-0.4, -0.2) is 32.2 Å². The van der Waals surface area contributed by atoms with Crippen LogP contribution in [0.25, 0.3) is 0 Å². The van der Waals surface area contributed by atoms with Crippen LogP contribution in [0.5, 0.6) is 11.5 Å². The van der Waals surface area contributed by atoms with E-state index >= 15 is 0 Å². The molecule has 2 rings (SSSR count). The van der Waals surface area contributed by atoms with Crippen LogP contribution in [0.15, 0.2) is 23.2 Å². The van der Waals surface area contributed by atoms with Gasteiger partial charge < -0.3 is 15.2 Å². The smallest absolute Gasteiger partial charge is 0.266 e. The van der Waals surface area contributed by atoms with Crippen LogP contribution in [0.2, 0.25) is 0 Å². The fourth-order valence-electron chi connectivity index (χ4n) is 1.50. The van der Waals surface area contributed by atoms with E-state index in [2.05, 4.69) is 14.3 Å². The second kappa shape index (κ2) is 5.51. The zero-order valence-electron chi connectivity index (χ0n) is 10.7. The minimum Gasteiger partial charge on any atom is -0.495 e. The van der Waals surface area contributed by atoms with Crippen LogP contribution in [0.3, 0.4) is 0 Å². The van der Waals surface area contributed by atoms with Crippen LogP contribution in [0, 0.1) is 0 Å². The Morgan fingerprint density at radius 3 is 2.50 bits per heavy atom. The van der Waals surface area contributed by atoms with E-state index < -0.39 is 10.0 Å². The molecule has 108 valence electrons. The summed E-state index contributed by atoms with van der Waals surface area (Å²) in [5.74, 6) is 0.460. The summed E-state index contributed by atoms with van der Waals surface area (Å²) in [5, 5.41) is 3.85. The summed E-state index contributed by atoms with van der Waals surface area (Å²) in [7, 11) is -1.06. The van der Waals surface area contributed by atoms with Crippen molar-refractivity contribution in [3.05, 3.63) is 18.3 Å². The van der Waals surface area contributed by atoms with Gasteiger partial charge in [-0.05, 0) is 6.07 Å². The van der Waals surface area contributed by atoms with Gasteiger partial charge in [0.05, 0.1) is 26.1 Å². The molecule has 2 aromatic rings. The summed E-state index contributed by atoms with van der Waals surface area (Å²) >= 11 is 0.922. The fraction of sp³-hybridized carbons (Fsp3) is 0.200. The molecule has 0 saturated heterocycles. The summed E-state index contributed by atoms with van der Waals surface area (Å²) < 4.78 is 40.6. The number of sulfonamides is 1. The molecular formula is C10H12N4O4S2. The zero-order valence-corrected chi connectivity index (χ0v) is 12.3. The lowest BCUT2D eigenvalue weighted by Gasteiger charge is -2.13. The first-order valence-electron chi connectivity index (χ1n) is 5.29. The van der Waals surface area contributed by atoms with Crippen LogP contribution >= 0.6 is 11.5 Å². The Morgan fingerprint density at radius 1 is 1.25 bits per heavy atom. The van der Waals surface area contributed by atoms with Crippen LogP contribution in [0.4, 0.5) is 10.7 Å². The van der Waals surface area contributed by atoms with E-state index in [4.69, 9.17) is 15.2 Å². The summed E-state index contributed by atoms with van der Waals surface area (Å²) in [6.07, 6.45) is 1.31. The molecule has 10 heteroatoms. The number of anilines is 2. The van der Waals surface area contributed by atoms with Crippen LogP contribution < -0.4 is 19.9 Å². The second-order valence-electron chi connectivity index (χ2n) is 3.63.